The normalized spacial score (nSPS) is 24.7. The van der Waals surface area contributed by atoms with Gasteiger partial charge in [0, 0.05) is 12.2 Å². The molecular formula is C56H72N2O12S2. The molecule has 0 amide bonds. The molecule has 4 fully saturated rings. The van der Waals surface area contributed by atoms with Crippen LogP contribution in [0.2, 0.25) is 0 Å². The fourth-order valence-electron chi connectivity index (χ4n) is 11.1. The lowest BCUT2D eigenvalue weighted by Crippen LogP contribution is -2.32. The van der Waals surface area contributed by atoms with Crippen molar-refractivity contribution >= 4 is 59.3 Å². The molecule has 1 aliphatic heterocycles. The Morgan fingerprint density at radius 1 is 0.542 bits per heavy atom. The van der Waals surface area contributed by atoms with Gasteiger partial charge in [0.15, 0.2) is 0 Å². The molecule has 0 N–H and O–H groups in total. The molecule has 72 heavy (non-hydrogen) atoms. The number of unbranched alkanes of at least 4 members (excludes halogenated alkanes) is 3. The zero-order valence-corrected chi connectivity index (χ0v) is 43.6. The number of rotatable bonds is 23. The largest absolute Gasteiger partial charge is 0.465 e. The summed E-state index contributed by atoms with van der Waals surface area (Å²) in [6, 6.07) is 5.83. The second-order valence-electron chi connectivity index (χ2n) is 20.0. The van der Waals surface area contributed by atoms with E-state index in [0.717, 1.165) is 108 Å². The lowest BCUT2D eigenvalue weighted by atomic mass is 9.69. The van der Waals surface area contributed by atoms with E-state index in [-0.39, 0.29) is 66.3 Å². The van der Waals surface area contributed by atoms with Gasteiger partial charge in [-0.2, -0.15) is 10.5 Å². The van der Waals surface area contributed by atoms with Gasteiger partial charge in [-0.1, -0.05) is 50.0 Å². The average molecular weight is 1030 g/mol. The van der Waals surface area contributed by atoms with Crippen molar-refractivity contribution in [1.82, 2.24) is 0 Å². The lowest BCUT2D eigenvalue weighted by molar-refractivity contribution is -0.151. The van der Waals surface area contributed by atoms with Gasteiger partial charge in [0.25, 0.3) is 0 Å². The molecule has 0 bridgehead atoms. The van der Waals surface area contributed by atoms with Gasteiger partial charge in [0.05, 0.1) is 64.1 Å². The molecule has 4 saturated carbocycles. The van der Waals surface area contributed by atoms with Gasteiger partial charge in [-0.25, -0.2) is 9.59 Å². The minimum atomic E-state index is -0.460. The number of esters is 6. The second kappa shape index (κ2) is 29.0. The van der Waals surface area contributed by atoms with Crippen LogP contribution in [0.4, 0.5) is 0 Å². The number of aryl methyl sites for hydroxylation is 1. The van der Waals surface area contributed by atoms with Crippen molar-refractivity contribution in [3.63, 3.8) is 0 Å². The highest BCUT2D eigenvalue weighted by Crippen LogP contribution is 2.60. The number of hydrogen-bond donors (Lipinski definition) is 0. The van der Waals surface area contributed by atoms with E-state index in [2.05, 4.69) is 20.1 Å². The van der Waals surface area contributed by atoms with E-state index in [1.165, 1.54) is 23.5 Å². The number of ether oxygens (including phenoxy) is 6. The number of hydrogen-bond acceptors (Lipinski definition) is 16. The Hall–Kier alpha value is -5.06. The van der Waals surface area contributed by atoms with Crippen LogP contribution in [0.3, 0.4) is 0 Å². The van der Waals surface area contributed by atoms with Crippen LogP contribution in [0.1, 0.15) is 154 Å². The van der Waals surface area contributed by atoms with E-state index >= 15 is 0 Å². The number of benzene rings is 1. The fraction of sp³-hybridized carbons (Fsp3) is 0.643. The van der Waals surface area contributed by atoms with Crippen molar-refractivity contribution in [3.05, 3.63) is 46.8 Å². The summed E-state index contributed by atoms with van der Waals surface area (Å²) in [5.41, 5.74) is 0.699. The van der Waals surface area contributed by atoms with Crippen LogP contribution in [0.5, 0.6) is 11.5 Å². The zero-order chi connectivity index (χ0) is 51.4. The highest BCUT2D eigenvalue weighted by molar-refractivity contribution is 8.24. The molecule has 1 aromatic rings. The standard InChI is InChI=1S/C56H72N2O12S2/c1-4-7-12-44-33-46(69-54(63)42-25-17-38(18-26-42)36-13-21-40(22-14-36)52(61)67-31-10-8-29-65-47(59)5-2)50-51(72-56(71-50)45(34-57)35-58)49(44)70-55(64)43-27-19-39(20-28-43)37-15-23-41(24-16-37)53(62)68-32-11-9-30-66-48(60)6-3/h5-6,33,36-43H,2-4,7-32H2,1H3. The van der Waals surface area contributed by atoms with Crippen LogP contribution in [0.15, 0.2) is 51.0 Å². The maximum atomic E-state index is 14.1. The third-order valence-corrected chi connectivity index (χ3v) is 18.0. The van der Waals surface area contributed by atoms with E-state index in [4.69, 9.17) is 28.4 Å². The van der Waals surface area contributed by atoms with Crippen molar-refractivity contribution in [3.8, 4) is 23.6 Å². The van der Waals surface area contributed by atoms with Crippen LogP contribution >= 0.6 is 23.5 Å². The molecule has 0 spiro atoms. The zero-order valence-electron chi connectivity index (χ0n) is 42.0. The first-order valence-electron chi connectivity index (χ1n) is 26.4. The maximum absolute atomic E-state index is 14.1. The number of carbonyl (C=O) groups excluding carboxylic acids is 6. The van der Waals surface area contributed by atoms with Crippen molar-refractivity contribution in [1.29, 1.82) is 10.5 Å². The molecule has 0 atom stereocenters. The summed E-state index contributed by atoms with van der Waals surface area (Å²) in [4.78, 5) is 77.2. The molecule has 14 nitrogen and oxygen atoms in total. The molecule has 5 aliphatic rings. The Morgan fingerprint density at radius 3 is 1.31 bits per heavy atom. The molecule has 0 radical (unpaired) electrons. The molecule has 6 rings (SSSR count). The van der Waals surface area contributed by atoms with E-state index in [1.54, 1.807) is 0 Å². The summed E-state index contributed by atoms with van der Waals surface area (Å²) in [7, 11) is 0. The Balaban J connectivity index is 0.999. The number of nitrogens with zero attached hydrogens (tertiary/aromatic N) is 2. The summed E-state index contributed by atoms with van der Waals surface area (Å²) in [5, 5.41) is 19.7. The Kier molecular flexibility index (Phi) is 22.6. The van der Waals surface area contributed by atoms with Gasteiger partial charge in [-0.15, -0.1) is 0 Å². The number of carbonyl (C=O) groups is 6. The number of nitriles is 2. The van der Waals surface area contributed by atoms with Crippen LogP contribution in [-0.4, -0.2) is 62.2 Å². The molecule has 0 saturated heterocycles. The van der Waals surface area contributed by atoms with Crippen LogP contribution in [0, 0.1) is 70.0 Å². The molecule has 1 heterocycles. The Morgan fingerprint density at radius 2 is 0.917 bits per heavy atom. The first-order valence-corrected chi connectivity index (χ1v) is 28.0. The summed E-state index contributed by atoms with van der Waals surface area (Å²) in [6.45, 7) is 9.99. The van der Waals surface area contributed by atoms with Gasteiger partial charge in [-0.05, 0) is 177 Å². The third-order valence-electron chi connectivity index (χ3n) is 15.4. The first-order chi connectivity index (χ1) is 35.0. The van der Waals surface area contributed by atoms with Crippen LogP contribution in [-0.2, 0) is 54.1 Å². The molecule has 1 aromatic carbocycles. The smallest absolute Gasteiger partial charge is 0.330 e. The molecule has 16 heteroatoms. The molecule has 0 aromatic heterocycles. The quantitative estimate of drug-likeness (QED) is 0.0249. The van der Waals surface area contributed by atoms with Crippen LogP contribution < -0.4 is 9.47 Å². The van der Waals surface area contributed by atoms with Crippen molar-refractivity contribution < 1.29 is 57.2 Å². The topological polar surface area (TPSA) is 205 Å². The Bertz CT molecular complexity index is 2200. The molecular weight excluding hydrogens is 957 g/mol. The van der Waals surface area contributed by atoms with E-state index in [9.17, 15) is 39.3 Å². The van der Waals surface area contributed by atoms with Gasteiger partial charge < -0.3 is 28.4 Å². The monoisotopic (exact) mass is 1030 g/mol. The Labute approximate surface area is 433 Å². The van der Waals surface area contributed by atoms with Gasteiger partial charge in [0.2, 0.25) is 0 Å². The minimum absolute atomic E-state index is 0.0549. The van der Waals surface area contributed by atoms with Gasteiger partial charge in [-0.3, -0.25) is 19.2 Å². The van der Waals surface area contributed by atoms with E-state index in [0.29, 0.717) is 120 Å². The summed E-state index contributed by atoms with van der Waals surface area (Å²) < 4.78 is 34.2. The maximum Gasteiger partial charge on any atom is 0.330 e. The second-order valence-corrected chi connectivity index (χ2v) is 22.3. The lowest BCUT2D eigenvalue weighted by Gasteiger charge is -2.37. The SMILES string of the molecule is C=CC(=O)OCCCCOC(=O)C1CCC(C2CCC(C(=O)Oc3cc(CCCC)c(OC(=O)C4CCC(C5CCC(C(=O)OCCCCOC(=O)C=C)CC5)CC4)c4c3SC(=C(C#N)C#N)S4)CC2)CC1. The van der Waals surface area contributed by atoms with Gasteiger partial charge >= 0.3 is 35.8 Å². The van der Waals surface area contributed by atoms with E-state index < -0.39 is 11.9 Å². The number of fused-ring (bicyclic) bond motifs is 1. The highest BCUT2D eigenvalue weighted by atomic mass is 32.2. The summed E-state index contributed by atoms with van der Waals surface area (Å²) >= 11 is 2.42. The van der Waals surface area contributed by atoms with Crippen molar-refractivity contribution in [2.45, 2.75) is 164 Å². The van der Waals surface area contributed by atoms with Crippen molar-refractivity contribution in [2.75, 3.05) is 26.4 Å². The van der Waals surface area contributed by atoms with Gasteiger partial charge in [0.1, 0.15) is 29.2 Å². The first kappa shape index (κ1) is 56.2. The number of allylic oxidation sites excluding steroid dienone is 1. The average Bonchev–Trinajstić information content (AvgIpc) is 3.86. The van der Waals surface area contributed by atoms with E-state index in [1.807, 2.05) is 18.2 Å². The highest BCUT2D eigenvalue weighted by Gasteiger charge is 2.39. The predicted octanol–water partition coefficient (Wildman–Crippen LogP) is 11.6. The minimum Gasteiger partial charge on any atom is -0.465 e. The summed E-state index contributed by atoms with van der Waals surface area (Å²) in [6.07, 6.45) is 20.4. The van der Waals surface area contributed by atoms with Crippen molar-refractivity contribution in [2.24, 2.45) is 47.3 Å². The van der Waals surface area contributed by atoms with Crippen LogP contribution in [0.25, 0.3) is 0 Å². The number of thioether (sulfide) groups is 2. The predicted molar refractivity (Wildman–Crippen MR) is 271 cm³/mol. The summed E-state index contributed by atoms with van der Waals surface area (Å²) in [5.74, 6) is 0.0880. The fourth-order valence-corrected chi connectivity index (χ4v) is 13.7. The molecule has 0 unspecified atom stereocenters. The molecule has 4 aliphatic carbocycles. The third kappa shape index (κ3) is 16.0. The molecule has 390 valence electrons.